The van der Waals surface area contributed by atoms with Crippen molar-refractivity contribution in [3.05, 3.63) is 28.8 Å². The molecule has 0 amide bonds. The van der Waals surface area contributed by atoms with Crippen LogP contribution in [0.5, 0.6) is 5.75 Å². The Balaban J connectivity index is 3.11. The van der Waals surface area contributed by atoms with Crippen molar-refractivity contribution in [3.8, 4) is 5.75 Å². The molecule has 1 rings (SSSR count). The van der Waals surface area contributed by atoms with Crippen LogP contribution in [0.2, 0.25) is 0 Å². The Kier molecular flexibility index (Phi) is 6.02. The number of esters is 1. The van der Waals surface area contributed by atoms with Crippen LogP contribution in [-0.4, -0.2) is 19.2 Å². The van der Waals surface area contributed by atoms with Crippen LogP contribution in [-0.2, 0) is 21.8 Å². The Morgan fingerprint density at radius 3 is 2.53 bits per heavy atom. The molecule has 0 aliphatic carbocycles. The summed E-state index contributed by atoms with van der Waals surface area (Å²) in [6.07, 6.45) is -0.124. The largest absolute Gasteiger partial charge is 0.466 e. The van der Waals surface area contributed by atoms with E-state index in [9.17, 15) is 13.6 Å². The van der Waals surface area contributed by atoms with Crippen LogP contribution in [0.1, 0.15) is 23.6 Å². The zero-order valence-electron chi connectivity index (χ0n) is 10.7. The van der Waals surface area contributed by atoms with Gasteiger partial charge in [0.2, 0.25) is 0 Å². The smallest absolute Gasteiger partial charge is 0.387 e. The minimum Gasteiger partial charge on any atom is -0.466 e. The Morgan fingerprint density at radius 1 is 1.37 bits per heavy atom. The second-order valence-corrected chi connectivity index (χ2v) is 4.17. The molecule has 0 heterocycles. The van der Waals surface area contributed by atoms with Crippen LogP contribution < -0.4 is 4.74 Å². The lowest BCUT2D eigenvalue weighted by molar-refractivity contribution is -0.142. The quantitative estimate of drug-likeness (QED) is 0.595. The number of ether oxygens (including phenoxy) is 2. The van der Waals surface area contributed by atoms with E-state index in [2.05, 4.69) is 4.74 Å². The fourth-order valence-corrected chi connectivity index (χ4v) is 1.97. The highest BCUT2D eigenvalue weighted by atomic mass is 35.5. The number of benzene rings is 1. The van der Waals surface area contributed by atoms with Gasteiger partial charge in [-0.1, -0.05) is 17.7 Å². The molecule has 0 radical (unpaired) electrons. The first-order valence-electron chi connectivity index (χ1n) is 5.76. The van der Waals surface area contributed by atoms with Gasteiger partial charge in [-0.25, -0.2) is 0 Å². The molecule has 0 aromatic heterocycles. The van der Waals surface area contributed by atoms with Crippen LogP contribution >= 0.6 is 11.6 Å². The first-order chi connectivity index (χ1) is 8.97. The van der Waals surface area contributed by atoms with Crippen molar-refractivity contribution in [1.29, 1.82) is 0 Å². The van der Waals surface area contributed by atoms with E-state index in [0.717, 1.165) is 5.56 Å². The molecule has 0 atom stereocenters. The number of hydrogen-bond donors (Lipinski definition) is 0. The lowest BCUT2D eigenvalue weighted by Crippen LogP contribution is -2.12. The predicted octanol–water partition coefficient (Wildman–Crippen LogP) is 3.44. The molecule has 0 spiro atoms. The van der Waals surface area contributed by atoms with Gasteiger partial charge in [-0.15, -0.1) is 11.6 Å². The summed E-state index contributed by atoms with van der Waals surface area (Å²) in [6.45, 7) is 0.731. The molecular formula is C13H15ClF2O3. The molecule has 0 bridgehead atoms. The Labute approximate surface area is 115 Å². The molecule has 1 aromatic carbocycles. The SMILES string of the molecule is CCOC(=O)Cc1cc(C)cc(CCl)c1OC(F)F. The number of halogens is 3. The number of alkyl halides is 3. The van der Waals surface area contributed by atoms with Gasteiger partial charge in [0.1, 0.15) is 5.75 Å². The minimum atomic E-state index is -2.97. The fraction of sp³-hybridized carbons (Fsp3) is 0.462. The molecule has 0 N–H and O–H groups in total. The van der Waals surface area contributed by atoms with Gasteiger partial charge in [-0.05, 0) is 13.8 Å². The van der Waals surface area contributed by atoms with E-state index in [4.69, 9.17) is 16.3 Å². The van der Waals surface area contributed by atoms with E-state index in [0.29, 0.717) is 11.1 Å². The van der Waals surface area contributed by atoms with Crippen LogP contribution in [0.15, 0.2) is 12.1 Å². The normalized spacial score (nSPS) is 10.6. The monoisotopic (exact) mass is 292 g/mol. The lowest BCUT2D eigenvalue weighted by atomic mass is 10.0. The summed E-state index contributed by atoms with van der Waals surface area (Å²) in [7, 11) is 0. The standard InChI is InChI=1S/C13H15ClF2O3/c1-3-18-11(17)6-9-4-8(2)5-10(7-14)12(9)19-13(15)16/h4-5,13H,3,6-7H2,1-2H3. The molecule has 0 aliphatic heterocycles. The van der Waals surface area contributed by atoms with Crippen LogP contribution in [0, 0.1) is 6.92 Å². The second-order valence-electron chi connectivity index (χ2n) is 3.91. The van der Waals surface area contributed by atoms with E-state index in [1.165, 1.54) is 0 Å². The van der Waals surface area contributed by atoms with Gasteiger partial charge in [-0.2, -0.15) is 8.78 Å². The van der Waals surface area contributed by atoms with E-state index in [-0.39, 0.29) is 24.7 Å². The van der Waals surface area contributed by atoms with Crippen molar-refractivity contribution in [2.45, 2.75) is 32.8 Å². The maximum absolute atomic E-state index is 12.4. The Bertz CT molecular complexity index is 450. The van der Waals surface area contributed by atoms with E-state index in [1.54, 1.807) is 26.0 Å². The van der Waals surface area contributed by atoms with Crippen LogP contribution in [0.3, 0.4) is 0 Å². The number of carbonyl (C=O) groups is 1. The first-order valence-corrected chi connectivity index (χ1v) is 6.30. The van der Waals surface area contributed by atoms with Gasteiger partial charge in [0.15, 0.2) is 0 Å². The van der Waals surface area contributed by atoms with E-state index in [1.807, 2.05) is 0 Å². The molecule has 106 valence electrons. The third-order valence-corrected chi connectivity index (χ3v) is 2.67. The molecule has 0 unspecified atom stereocenters. The van der Waals surface area contributed by atoms with Crippen LogP contribution in [0.4, 0.5) is 8.78 Å². The fourth-order valence-electron chi connectivity index (χ4n) is 1.77. The van der Waals surface area contributed by atoms with Gasteiger partial charge in [0, 0.05) is 11.1 Å². The molecule has 0 fully saturated rings. The third-order valence-electron chi connectivity index (χ3n) is 2.38. The number of aryl methyl sites for hydroxylation is 1. The summed E-state index contributed by atoms with van der Waals surface area (Å²) >= 11 is 5.72. The van der Waals surface area contributed by atoms with Crippen molar-refractivity contribution in [3.63, 3.8) is 0 Å². The minimum absolute atomic E-state index is 0.0273. The molecule has 0 saturated heterocycles. The average Bonchev–Trinajstić information content (AvgIpc) is 2.31. The highest BCUT2D eigenvalue weighted by Crippen LogP contribution is 2.29. The van der Waals surface area contributed by atoms with Gasteiger partial charge >= 0.3 is 12.6 Å². The molecule has 3 nitrogen and oxygen atoms in total. The third kappa shape index (κ3) is 4.67. The van der Waals surface area contributed by atoms with Gasteiger partial charge in [0.05, 0.1) is 18.9 Å². The summed E-state index contributed by atoms with van der Waals surface area (Å²) in [5, 5.41) is 0. The topological polar surface area (TPSA) is 35.5 Å². The van der Waals surface area contributed by atoms with Gasteiger partial charge < -0.3 is 9.47 Å². The lowest BCUT2D eigenvalue weighted by Gasteiger charge is -2.15. The molecule has 0 aliphatic rings. The van der Waals surface area contributed by atoms with Crippen molar-refractivity contribution in [2.24, 2.45) is 0 Å². The molecular weight excluding hydrogens is 278 g/mol. The van der Waals surface area contributed by atoms with E-state index >= 15 is 0 Å². The Morgan fingerprint density at radius 2 is 2.00 bits per heavy atom. The first kappa shape index (κ1) is 15.7. The summed E-state index contributed by atoms with van der Waals surface area (Å²) in [6, 6.07) is 3.27. The van der Waals surface area contributed by atoms with E-state index < -0.39 is 12.6 Å². The highest BCUT2D eigenvalue weighted by molar-refractivity contribution is 6.17. The molecule has 19 heavy (non-hydrogen) atoms. The molecule has 1 aromatic rings. The Hall–Kier alpha value is -1.36. The predicted molar refractivity (Wildman–Crippen MR) is 67.7 cm³/mol. The summed E-state index contributed by atoms with van der Waals surface area (Å²) < 4.78 is 34.1. The number of hydrogen-bond acceptors (Lipinski definition) is 3. The van der Waals surface area contributed by atoms with Crippen molar-refractivity contribution < 1.29 is 23.0 Å². The molecule has 0 saturated carbocycles. The maximum atomic E-state index is 12.4. The second kappa shape index (κ2) is 7.28. The number of carbonyl (C=O) groups excluding carboxylic acids is 1. The van der Waals surface area contributed by atoms with Crippen molar-refractivity contribution in [1.82, 2.24) is 0 Å². The van der Waals surface area contributed by atoms with Gasteiger partial charge in [-0.3, -0.25) is 4.79 Å². The van der Waals surface area contributed by atoms with Crippen molar-refractivity contribution >= 4 is 17.6 Å². The van der Waals surface area contributed by atoms with Crippen molar-refractivity contribution in [2.75, 3.05) is 6.61 Å². The number of rotatable bonds is 6. The zero-order valence-corrected chi connectivity index (χ0v) is 11.5. The zero-order chi connectivity index (χ0) is 14.4. The summed E-state index contributed by atoms with van der Waals surface area (Å²) in [5.74, 6) is -0.504. The van der Waals surface area contributed by atoms with Gasteiger partial charge in [0.25, 0.3) is 0 Å². The maximum Gasteiger partial charge on any atom is 0.387 e. The average molecular weight is 293 g/mol. The van der Waals surface area contributed by atoms with Crippen LogP contribution in [0.25, 0.3) is 0 Å². The molecule has 6 heteroatoms. The summed E-state index contributed by atoms with van der Waals surface area (Å²) in [4.78, 5) is 11.5. The summed E-state index contributed by atoms with van der Waals surface area (Å²) in [5.41, 5.74) is 1.60. The highest BCUT2D eigenvalue weighted by Gasteiger charge is 2.17.